The molecule has 0 radical (unpaired) electrons. The molecule has 0 heterocycles. The average molecular weight is 300 g/mol. The molecule has 1 rings (SSSR count). The van der Waals surface area contributed by atoms with E-state index in [2.05, 4.69) is 10.1 Å². The molecule has 0 aliphatic rings. The molecule has 0 spiro atoms. The first-order valence-corrected chi connectivity index (χ1v) is 7.89. The molecular weight excluding hydrogens is 280 g/mol. The normalized spacial score (nSPS) is 12.0. The lowest BCUT2D eigenvalue weighted by Crippen LogP contribution is -2.38. The van der Waals surface area contributed by atoms with Gasteiger partial charge < -0.3 is 15.8 Å². The van der Waals surface area contributed by atoms with Gasteiger partial charge in [-0.15, -0.1) is 0 Å². The van der Waals surface area contributed by atoms with Crippen LogP contribution in [-0.4, -0.2) is 39.0 Å². The number of carbonyl (C=O) groups is 1. The average Bonchev–Trinajstić information content (AvgIpc) is 2.35. The van der Waals surface area contributed by atoms with E-state index in [0.29, 0.717) is 5.69 Å². The van der Waals surface area contributed by atoms with E-state index in [-0.39, 0.29) is 17.8 Å². The molecule has 0 aromatic heterocycles. The standard InChI is InChI=1S/C13H20N2O4S/c1-13(2,20(4,17)18)8-15-10-7-5-6-9(11(10)14)12(16)19-3/h5-7,15H,8,14H2,1-4H3. The highest BCUT2D eigenvalue weighted by molar-refractivity contribution is 7.92. The smallest absolute Gasteiger partial charge is 0.340 e. The van der Waals surface area contributed by atoms with Gasteiger partial charge in [-0.2, -0.15) is 0 Å². The molecule has 0 aliphatic heterocycles. The fourth-order valence-corrected chi connectivity index (χ4v) is 1.78. The first-order chi connectivity index (χ1) is 9.10. The summed E-state index contributed by atoms with van der Waals surface area (Å²) in [6.07, 6.45) is 1.18. The highest BCUT2D eigenvalue weighted by Crippen LogP contribution is 2.25. The zero-order valence-electron chi connectivity index (χ0n) is 12.1. The van der Waals surface area contributed by atoms with Crippen molar-refractivity contribution in [1.29, 1.82) is 0 Å². The summed E-state index contributed by atoms with van der Waals surface area (Å²) in [7, 11) is -1.94. The van der Waals surface area contributed by atoms with Gasteiger partial charge in [0.15, 0.2) is 9.84 Å². The number of carbonyl (C=O) groups excluding carboxylic acids is 1. The van der Waals surface area contributed by atoms with Crippen molar-refractivity contribution in [2.24, 2.45) is 0 Å². The van der Waals surface area contributed by atoms with Crippen molar-refractivity contribution in [3.05, 3.63) is 23.8 Å². The molecule has 0 saturated heterocycles. The number of hydrogen-bond acceptors (Lipinski definition) is 6. The zero-order valence-corrected chi connectivity index (χ0v) is 12.9. The van der Waals surface area contributed by atoms with Crippen molar-refractivity contribution >= 4 is 27.2 Å². The SMILES string of the molecule is COC(=O)c1cccc(NCC(C)(C)S(C)(=O)=O)c1N. The van der Waals surface area contributed by atoms with E-state index in [0.717, 1.165) is 0 Å². The van der Waals surface area contributed by atoms with E-state index < -0.39 is 20.6 Å². The van der Waals surface area contributed by atoms with Gasteiger partial charge in [0, 0.05) is 12.8 Å². The Morgan fingerprint density at radius 3 is 2.50 bits per heavy atom. The summed E-state index contributed by atoms with van der Waals surface area (Å²) in [5, 5.41) is 2.97. The molecule has 112 valence electrons. The van der Waals surface area contributed by atoms with Crippen LogP contribution < -0.4 is 11.1 Å². The number of sulfone groups is 1. The lowest BCUT2D eigenvalue weighted by atomic mass is 10.1. The van der Waals surface area contributed by atoms with E-state index in [1.807, 2.05) is 0 Å². The summed E-state index contributed by atoms with van der Waals surface area (Å²) in [5.41, 5.74) is 6.87. The molecule has 3 N–H and O–H groups in total. The number of hydrogen-bond donors (Lipinski definition) is 2. The summed E-state index contributed by atoms with van der Waals surface area (Å²) in [5.74, 6) is -0.534. The van der Waals surface area contributed by atoms with Gasteiger partial charge >= 0.3 is 5.97 Å². The highest BCUT2D eigenvalue weighted by atomic mass is 32.2. The van der Waals surface area contributed by atoms with Crippen molar-refractivity contribution in [2.45, 2.75) is 18.6 Å². The first kappa shape index (κ1) is 16.3. The van der Waals surface area contributed by atoms with E-state index in [9.17, 15) is 13.2 Å². The summed E-state index contributed by atoms with van der Waals surface area (Å²) < 4.78 is 27.0. The number of methoxy groups -OCH3 is 1. The number of ether oxygens (including phenoxy) is 1. The van der Waals surface area contributed by atoms with E-state index >= 15 is 0 Å². The quantitative estimate of drug-likeness (QED) is 0.628. The Bertz CT molecular complexity index is 609. The second-order valence-corrected chi connectivity index (χ2v) is 7.79. The van der Waals surface area contributed by atoms with Crippen molar-refractivity contribution in [1.82, 2.24) is 0 Å². The van der Waals surface area contributed by atoms with Crippen LogP contribution in [0.2, 0.25) is 0 Å². The predicted molar refractivity (Wildman–Crippen MR) is 79.6 cm³/mol. The molecule has 1 aromatic carbocycles. The molecule has 0 atom stereocenters. The molecule has 6 nitrogen and oxygen atoms in total. The van der Waals surface area contributed by atoms with E-state index in [1.165, 1.54) is 13.4 Å². The molecule has 0 amide bonds. The Balaban J connectivity index is 2.98. The Kier molecular flexibility index (Phi) is 4.65. The van der Waals surface area contributed by atoms with Crippen LogP contribution in [0.1, 0.15) is 24.2 Å². The molecular formula is C13H20N2O4S. The fourth-order valence-electron chi connectivity index (χ4n) is 1.45. The van der Waals surface area contributed by atoms with Crippen LogP contribution in [0.3, 0.4) is 0 Å². The van der Waals surface area contributed by atoms with Crippen molar-refractivity contribution < 1.29 is 17.9 Å². The van der Waals surface area contributed by atoms with E-state index in [4.69, 9.17) is 5.73 Å². The molecule has 7 heteroatoms. The Labute approximate surface area is 119 Å². The number of nitrogens with two attached hydrogens (primary N) is 1. The number of para-hydroxylation sites is 1. The summed E-state index contributed by atoms with van der Waals surface area (Å²) in [6.45, 7) is 3.42. The number of rotatable bonds is 5. The summed E-state index contributed by atoms with van der Waals surface area (Å²) >= 11 is 0. The molecule has 20 heavy (non-hydrogen) atoms. The van der Waals surface area contributed by atoms with Crippen molar-refractivity contribution in [3.63, 3.8) is 0 Å². The number of esters is 1. The molecule has 0 saturated carbocycles. The Morgan fingerprint density at radius 1 is 1.40 bits per heavy atom. The summed E-state index contributed by atoms with van der Waals surface area (Å²) in [6, 6.07) is 4.88. The van der Waals surface area contributed by atoms with Gasteiger partial charge in [0.2, 0.25) is 0 Å². The summed E-state index contributed by atoms with van der Waals surface area (Å²) in [4.78, 5) is 11.5. The minimum absolute atomic E-state index is 0.181. The molecule has 0 bridgehead atoms. The lowest BCUT2D eigenvalue weighted by Gasteiger charge is -2.24. The maximum atomic E-state index is 11.6. The van der Waals surface area contributed by atoms with Gasteiger partial charge in [0.25, 0.3) is 0 Å². The molecule has 0 fully saturated rings. The van der Waals surface area contributed by atoms with Gasteiger partial charge in [-0.25, -0.2) is 13.2 Å². The minimum Gasteiger partial charge on any atom is -0.465 e. The molecule has 0 aliphatic carbocycles. The largest absolute Gasteiger partial charge is 0.465 e. The number of nitrogens with one attached hydrogen (secondary N) is 1. The van der Waals surface area contributed by atoms with Gasteiger partial charge in [-0.05, 0) is 26.0 Å². The zero-order chi connectivity index (χ0) is 15.6. The number of anilines is 2. The molecule has 1 aromatic rings. The van der Waals surface area contributed by atoms with E-state index in [1.54, 1.807) is 32.0 Å². The number of benzene rings is 1. The Hall–Kier alpha value is -1.76. The van der Waals surface area contributed by atoms with Crippen molar-refractivity contribution in [3.8, 4) is 0 Å². The number of nitrogen functional groups attached to an aromatic ring is 1. The van der Waals surface area contributed by atoms with Crippen LogP contribution in [0.25, 0.3) is 0 Å². The minimum atomic E-state index is -3.21. The highest BCUT2D eigenvalue weighted by Gasteiger charge is 2.30. The van der Waals surface area contributed by atoms with Crippen LogP contribution in [0.4, 0.5) is 11.4 Å². The fraction of sp³-hybridized carbons (Fsp3) is 0.462. The van der Waals surface area contributed by atoms with Crippen LogP contribution in [0, 0.1) is 0 Å². The van der Waals surface area contributed by atoms with Crippen LogP contribution in [0.5, 0.6) is 0 Å². The first-order valence-electron chi connectivity index (χ1n) is 6.00. The van der Waals surface area contributed by atoms with Gasteiger partial charge in [-0.3, -0.25) is 0 Å². The van der Waals surface area contributed by atoms with Gasteiger partial charge in [-0.1, -0.05) is 6.07 Å². The maximum Gasteiger partial charge on any atom is 0.340 e. The third-order valence-corrected chi connectivity index (χ3v) is 5.37. The van der Waals surface area contributed by atoms with Crippen molar-refractivity contribution in [2.75, 3.05) is 31.0 Å². The lowest BCUT2D eigenvalue weighted by molar-refractivity contribution is 0.0602. The molecule has 0 unspecified atom stereocenters. The predicted octanol–water partition coefficient (Wildman–Crippen LogP) is 1.29. The monoisotopic (exact) mass is 300 g/mol. The van der Waals surface area contributed by atoms with Crippen LogP contribution >= 0.6 is 0 Å². The maximum absolute atomic E-state index is 11.6. The van der Waals surface area contributed by atoms with Crippen LogP contribution in [-0.2, 0) is 14.6 Å². The second kappa shape index (κ2) is 5.70. The Morgan fingerprint density at radius 2 is 2.00 bits per heavy atom. The topological polar surface area (TPSA) is 98.5 Å². The van der Waals surface area contributed by atoms with Gasteiger partial charge in [0.05, 0.1) is 28.8 Å². The third-order valence-electron chi connectivity index (χ3n) is 3.22. The third kappa shape index (κ3) is 3.41. The van der Waals surface area contributed by atoms with Gasteiger partial charge in [0.1, 0.15) is 0 Å². The van der Waals surface area contributed by atoms with Crippen LogP contribution in [0.15, 0.2) is 18.2 Å². The second-order valence-electron chi connectivity index (χ2n) is 5.14.